The van der Waals surface area contributed by atoms with Crippen LogP contribution >= 0.6 is 0 Å². The maximum atomic E-state index is 11.7. The number of rotatable bonds is 7. The molecule has 6 heteroatoms. The lowest BCUT2D eigenvalue weighted by Gasteiger charge is -2.14. The van der Waals surface area contributed by atoms with E-state index in [4.69, 9.17) is 5.11 Å². The summed E-state index contributed by atoms with van der Waals surface area (Å²) in [7, 11) is -3.64. The Morgan fingerprint density at radius 1 is 1.39 bits per heavy atom. The van der Waals surface area contributed by atoms with Crippen LogP contribution in [0.4, 0.5) is 0 Å². The van der Waals surface area contributed by atoms with Crippen LogP contribution in [0.25, 0.3) is 0 Å². The average Bonchev–Trinajstić information content (AvgIpc) is 2.34. The molecule has 0 bridgehead atoms. The Kier molecular flexibility index (Phi) is 5.06. The molecule has 5 nitrogen and oxygen atoms in total. The molecule has 0 aliphatic carbocycles. The van der Waals surface area contributed by atoms with Gasteiger partial charge in [-0.15, -0.1) is 6.58 Å². The molecule has 1 atom stereocenters. The van der Waals surface area contributed by atoms with Crippen LogP contribution in [0, 0.1) is 0 Å². The molecule has 0 spiro atoms. The maximum Gasteiger partial charge on any atom is 0.326 e. The minimum Gasteiger partial charge on any atom is -0.480 e. The molecular formula is C12H15NO4S. The highest BCUT2D eigenvalue weighted by atomic mass is 32.2. The quantitative estimate of drug-likeness (QED) is 0.731. The zero-order valence-corrected chi connectivity index (χ0v) is 10.6. The highest BCUT2D eigenvalue weighted by Gasteiger charge is 2.24. The Morgan fingerprint density at radius 2 is 2.00 bits per heavy atom. The van der Waals surface area contributed by atoms with Crippen LogP contribution in [0.5, 0.6) is 0 Å². The fourth-order valence-corrected chi connectivity index (χ4v) is 2.57. The Balaban J connectivity index is 2.89. The smallest absolute Gasteiger partial charge is 0.326 e. The summed E-state index contributed by atoms with van der Waals surface area (Å²) in [6.07, 6.45) is 1.74. The first-order valence-corrected chi connectivity index (χ1v) is 7.00. The second-order valence-electron chi connectivity index (χ2n) is 3.70. The summed E-state index contributed by atoms with van der Waals surface area (Å²) < 4.78 is 25.5. The van der Waals surface area contributed by atoms with Gasteiger partial charge in [0.1, 0.15) is 6.04 Å². The van der Waals surface area contributed by atoms with Crippen molar-refractivity contribution < 1.29 is 18.3 Å². The molecule has 0 heterocycles. The Morgan fingerprint density at radius 3 is 2.50 bits per heavy atom. The predicted octanol–water partition coefficient (Wildman–Crippen LogP) is 1.31. The highest BCUT2D eigenvalue weighted by molar-refractivity contribution is 7.89. The number of nitrogens with one attached hydrogen (secondary N) is 1. The zero-order chi connectivity index (χ0) is 13.6. The Bertz CT molecular complexity index is 510. The van der Waals surface area contributed by atoms with Gasteiger partial charge in [0.15, 0.2) is 0 Å². The lowest BCUT2D eigenvalue weighted by molar-refractivity contribution is -0.139. The monoisotopic (exact) mass is 269 g/mol. The summed E-state index contributed by atoms with van der Waals surface area (Å²) in [5.41, 5.74) is 0.396. The lowest BCUT2D eigenvalue weighted by atomic mass is 10.1. The first kappa shape index (κ1) is 14.4. The van der Waals surface area contributed by atoms with Gasteiger partial charge < -0.3 is 5.11 Å². The van der Waals surface area contributed by atoms with Crippen molar-refractivity contribution in [1.29, 1.82) is 0 Å². The first-order valence-electron chi connectivity index (χ1n) is 5.35. The molecule has 0 aromatic heterocycles. The summed E-state index contributed by atoms with van der Waals surface area (Å²) in [5, 5.41) is 9.07. The molecule has 2 N–H and O–H groups in total. The number of aliphatic carboxylic acids is 1. The van der Waals surface area contributed by atoms with Gasteiger partial charge in [0.25, 0.3) is 0 Å². The molecule has 1 aromatic rings. The number of hydrogen-bond donors (Lipinski definition) is 2. The molecule has 0 amide bonds. The van der Waals surface area contributed by atoms with Crippen LogP contribution in [0.3, 0.4) is 0 Å². The van der Waals surface area contributed by atoms with E-state index in [1.165, 1.54) is 6.08 Å². The van der Waals surface area contributed by atoms with Crippen LogP contribution in [0.1, 0.15) is 18.0 Å². The number of sulfonamides is 1. The summed E-state index contributed by atoms with van der Waals surface area (Å²) in [5.74, 6) is -1.41. The number of carboxylic acid groups (broad SMARTS) is 1. The maximum absolute atomic E-state index is 11.7. The number of allylic oxidation sites excluding steroid dienone is 1. The molecule has 0 saturated heterocycles. The summed E-state index contributed by atoms with van der Waals surface area (Å²) in [4.78, 5) is 11.1. The van der Waals surface area contributed by atoms with E-state index in [9.17, 15) is 13.2 Å². The van der Waals surface area contributed by atoms with E-state index >= 15 is 0 Å². The average molecular weight is 269 g/mol. The summed E-state index contributed by atoms with van der Waals surface area (Å²) in [6.45, 7) is 3.43. The van der Waals surface area contributed by atoms with Gasteiger partial charge >= 0.3 is 5.97 Å². The van der Waals surface area contributed by atoms with Crippen LogP contribution in [0.2, 0.25) is 0 Å². The van der Waals surface area contributed by atoms with Crippen molar-refractivity contribution in [1.82, 2.24) is 4.72 Å². The number of carboxylic acids is 1. The molecule has 1 aromatic carbocycles. The van der Waals surface area contributed by atoms with Gasteiger partial charge in [-0.25, -0.2) is 8.42 Å². The fourth-order valence-electron chi connectivity index (χ4n) is 1.38. The van der Waals surface area contributed by atoms with Gasteiger partial charge in [-0.1, -0.05) is 36.4 Å². The molecule has 0 saturated carbocycles. The minimum atomic E-state index is -3.64. The van der Waals surface area contributed by atoms with Crippen LogP contribution in [0.15, 0.2) is 43.0 Å². The van der Waals surface area contributed by atoms with Crippen LogP contribution in [-0.2, 0) is 14.8 Å². The topological polar surface area (TPSA) is 83.5 Å². The van der Waals surface area contributed by atoms with E-state index in [0.29, 0.717) is 5.56 Å². The van der Waals surface area contributed by atoms with E-state index in [2.05, 4.69) is 11.3 Å². The Labute approximate surface area is 106 Å². The third-order valence-corrected chi connectivity index (χ3v) is 3.64. The third kappa shape index (κ3) is 4.31. The van der Waals surface area contributed by atoms with Crippen molar-refractivity contribution in [3.63, 3.8) is 0 Å². The second kappa shape index (κ2) is 6.32. The molecule has 0 aliphatic rings. The zero-order valence-electron chi connectivity index (χ0n) is 9.74. The van der Waals surface area contributed by atoms with Crippen molar-refractivity contribution in [2.45, 2.75) is 12.5 Å². The van der Waals surface area contributed by atoms with E-state index in [0.717, 1.165) is 0 Å². The molecule has 0 fully saturated rings. The van der Waals surface area contributed by atoms with Gasteiger partial charge in [0, 0.05) is 0 Å². The highest BCUT2D eigenvalue weighted by Crippen LogP contribution is 2.14. The molecule has 0 unspecified atom stereocenters. The number of benzene rings is 1. The van der Waals surface area contributed by atoms with E-state index in [1.54, 1.807) is 30.3 Å². The van der Waals surface area contributed by atoms with E-state index in [-0.39, 0.29) is 12.2 Å². The molecular weight excluding hydrogens is 254 g/mol. The van der Waals surface area contributed by atoms with Crippen molar-refractivity contribution in [2.24, 2.45) is 0 Å². The molecule has 1 rings (SSSR count). The van der Waals surface area contributed by atoms with Crippen molar-refractivity contribution >= 4 is 16.0 Å². The molecule has 98 valence electrons. The third-order valence-electron chi connectivity index (χ3n) is 2.27. The minimum absolute atomic E-state index is 0.173. The standard InChI is InChI=1S/C12H15NO4S/c1-2-3-9-18(16,17)13-11(12(14)15)10-7-5-4-6-8-10/h2,4-8,11,13H,1,3,9H2,(H,14,15)/t11-/m1/s1. The van der Waals surface area contributed by atoms with Gasteiger partial charge in [0.05, 0.1) is 5.75 Å². The van der Waals surface area contributed by atoms with E-state index in [1.807, 2.05) is 0 Å². The SMILES string of the molecule is C=CCCS(=O)(=O)N[C@@H](C(=O)O)c1ccccc1. The number of hydrogen-bond acceptors (Lipinski definition) is 3. The van der Waals surface area contributed by atoms with Gasteiger partial charge in [-0.2, -0.15) is 4.72 Å². The first-order chi connectivity index (χ1) is 8.46. The Hall–Kier alpha value is -1.66. The van der Waals surface area contributed by atoms with Gasteiger partial charge in [-0.3, -0.25) is 4.79 Å². The van der Waals surface area contributed by atoms with E-state index < -0.39 is 22.0 Å². The van der Waals surface area contributed by atoms with Crippen LogP contribution in [-0.4, -0.2) is 25.2 Å². The summed E-state index contributed by atoms with van der Waals surface area (Å²) in [6, 6.07) is 6.91. The van der Waals surface area contributed by atoms with Crippen molar-refractivity contribution in [3.8, 4) is 0 Å². The molecule has 18 heavy (non-hydrogen) atoms. The van der Waals surface area contributed by atoms with Crippen molar-refractivity contribution in [3.05, 3.63) is 48.6 Å². The lowest BCUT2D eigenvalue weighted by Crippen LogP contribution is -2.35. The summed E-state index contributed by atoms with van der Waals surface area (Å²) >= 11 is 0. The molecule has 0 aliphatic heterocycles. The van der Waals surface area contributed by atoms with Crippen LogP contribution < -0.4 is 4.72 Å². The molecule has 0 radical (unpaired) electrons. The largest absolute Gasteiger partial charge is 0.480 e. The van der Waals surface area contributed by atoms with Gasteiger partial charge in [0.2, 0.25) is 10.0 Å². The second-order valence-corrected chi connectivity index (χ2v) is 5.57. The normalized spacial score (nSPS) is 12.9. The van der Waals surface area contributed by atoms with Gasteiger partial charge in [-0.05, 0) is 12.0 Å². The predicted molar refractivity (Wildman–Crippen MR) is 68.6 cm³/mol. The number of carbonyl (C=O) groups is 1. The van der Waals surface area contributed by atoms with Crippen molar-refractivity contribution in [2.75, 3.05) is 5.75 Å². The fraction of sp³-hybridized carbons (Fsp3) is 0.250.